The van der Waals surface area contributed by atoms with E-state index in [9.17, 15) is 15.1 Å². The van der Waals surface area contributed by atoms with Gasteiger partial charge in [-0.1, -0.05) is 151 Å². The van der Waals surface area contributed by atoms with Gasteiger partial charge >= 0.3 is 0 Å². The van der Waals surface area contributed by atoms with Crippen LogP contribution in [0, 0.1) is 0 Å². The summed E-state index contributed by atoms with van der Waals surface area (Å²) in [4.78, 5) is 15.7. The summed E-state index contributed by atoms with van der Waals surface area (Å²) in [6, 6.07) is 14.4. The topological polar surface area (TPSA) is 58.4 Å². The van der Waals surface area contributed by atoms with E-state index in [0.717, 1.165) is 30.7 Å². The van der Waals surface area contributed by atoms with Crippen molar-refractivity contribution >= 4 is 87.2 Å². The molecule has 0 atom stereocenters. The van der Waals surface area contributed by atoms with Crippen molar-refractivity contribution in [1.29, 1.82) is 0 Å². The molecular formula is C57H35N7. The predicted octanol–water partition coefficient (Wildman–Crippen LogP) is 13.9. The molecule has 64 heavy (non-hydrogen) atoms. The Morgan fingerprint density at radius 3 is 0.938 bits per heavy atom. The third kappa shape index (κ3) is 4.83. The van der Waals surface area contributed by atoms with Gasteiger partial charge in [-0.25, -0.2) is 0 Å². The molecule has 14 rings (SSSR count). The van der Waals surface area contributed by atoms with Crippen molar-refractivity contribution in [3.63, 3.8) is 0 Å². The van der Waals surface area contributed by atoms with E-state index >= 15 is 0 Å². The molecule has 0 fully saturated rings. The molecule has 0 unspecified atom stereocenters. The van der Waals surface area contributed by atoms with Crippen molar-refractivity contribution in [3.05, 3.63) is 212 Å². The molecule has 7 nitrogen and oxygen atoms in total. The molecule has 5 aromatic heterocycles. The van der Waals surface area contributed by atoms with Gasteiger partial charge in [-0.15, -0.1) is 0 Å². The average Bonchev–Trinajstić information content (AvgIpc) is 2.42. The highest BCUT2D eigenvalue weighted by Crippen LogP contribution is 2.42. The van der Waals surface area contributed by atoms with Crippen molar-refractivity contribution in [2.24, 2.45) is 0 Å². The first kappa shape index (κ1) is 21.3. The zero-order valence-electron chi connectivity index (χ0n) is 51.9. The van der Waals surface area contributed by atoms with Crippen molar-refractivity contribution in [1.82, 2.24) is 33.2 Å². The van der Waals surface area contributed by atoms with Gasteiger partial charge in [0, 0.05) is 43.1 Å². The molecule has 0 saturated heterocycles. The highest BCUT2D eigenvalue weighted by atomic mass is 15.3. The Morgan fingerprint density at radius 1 is 0.281 bits per heavy atom. The molecule has 0 radical (unpaired) electrons. The summed E-state index contributed by atoms with van der Waals surface area (Å²) in [5.41, 5.74) is -1.51. The van der Waals surface area contributed by atoms with E-state index in [1.54, 1.807) is 9.13 Å². The van der Waals surface area contributed by atoms with Gasteiger partial charge in [0.1, 0.15) is 0 Å². The standard InChI is InChI=1S/C57H35N7/c1-9-26-44-36(18-1)37-19-2-10-27-45(37)61(44)52-34-17-35-53(62-46-28-11-3-20-38(46)39-21-4-12-29-47(39)62)54(52)55-58-56(63-48-30-13-5-22-40(48)41-23-6-14-31-49(41)63)60-57(59-55)64-50-32-15-7-24-42(50)43-25-8-16-33-51(43)64/h1-35H/i1D,2D,3D,4D,9D,10D,11D,12D,17D,18D,19D,20D,21D,26D,27D,28D,29D,34D,35D. The third-order valence-corrected chi connectivity index (χ3v) is 11.7. The summed E-state index contributed by atoms with van der Waals surface area (Å²) < 4.78 is 183. The lowest BCUT2D eigenvalue weighted by Gasteiger charge is -2.20. The van der Waals surface area contributed by atoms with Crippen LogP contribution >= 0.6 is 0 Å². The number of nitrogens with zero attached hydrogens (tertiary/aromatic N) is 7. The number of hydrogen-bond donors (Lipinski definition) is 0. The van der Waals surface area contributed by atoms with Crippen LogP contribution in [0.4, 0.5) is 0 Å². The number of benzene rings is 9. The Hall–Kier alpha value is -8.81. The summed E-state index contributed by atoms with van der Waals surface area (Å²) in [6.45, 7) is 0. The molecule has 0 spiro atoms. The molecule has 0 amide bonds. The van der Waals surface area contributed by atoms with Gasteiger partial charge in [0.05, 0.1) is 87.1 Å². The summed E-state index contributed by atoms with van der Waals surface area (Å²) >= 11 is 0. The highest BCUT2D eigenvalue weighted by Gasteiger charge is 2.26. The van der Waals surface area contributed by atoms with E-state index in [2.05, 4.69) is 0 Å². The molecule has 0 saturated carbocycles. The first-order valence-corrected chi connectivity index (χ1v) is 20.1. The third-order valence-electron chi connectivity index (χ3n) is 11.7. The Labute approximate surface area is 392 Å². The monoisotopic (exact) mass is 836 g/mol. The fourth-order valence-corrected chi connectivity index (χ4v) is 9.16. The minimum absolute atomic E-state index is 0.105. The first-order valence-electron chi connectivity index (χ1n) is 29.6. The van der Waals surface area contributed by atoms with Crippen LogP contribution in [-0.2, 0) is 0 Å². The van der Waals surface area contributed by atoms with Crippen LogP contribution in [0.5, 0.6) is 0 Å². The highest BCUT2D eigenvalue weighted by molar-refractivity contribution is 6.13. The number of fused-ring (bicyclic) bond motifs is 12. The lowest BCUT2D eigenvalue weighted by atomic mass is 10.1. The zero-order valence-corrected chi connectivity index (χ0v) is 32.9. The van der Waals surface area contributed by atoms with Crippen molar-refractivity contribution in [2.75, 3.05) is 0 Å². The van der Waals surface area contributed by atoms with E-state index in [1.807, 2.05) is 97.1 Å². The lowest BCUT2D eigenvalue weighted by molar-refractivity contribution is 0.890. The molecule has 7 heteroatoms. The van der Waals surface area contributed by atoms with Crippen LogP contribution in [0.25, 0.3) is 122 Å². The van der Waals surface area contributed by atoms with Crippen LogP contribution in [0.15, 0.2) is 212 Å². The average molecular weight is 837 g/mol. The van der Waals surface area contributed by atoms with Crippen molar-refractivity contribution in [3.8, 4) is 34.7 Å². The second kappa shape index (κ2) is 13.3. The second-order valence-electron chi connectivity index (χ2n) is 15.0. The minimum Gasteiger partial charge on any atom is -0.308 e. The molecular weight excluding hydrogens is 783 g/mol. The summed E-state index contributed by atoms with van der Waals surface area (Å²) in [5, 5.41) is 1.41. The molecule has 0 aliphatic carbocycles. The maximum Gasteiger partial charge on any atom is 0.240 e. The van der Waals surface area contributed by atoms with Gasteiger partial charge < -0.3 is 9.13 Å². The van der Waals surface area contributed by atoms with Crippen LogP contribution < -0.4 is 0 Å². The summed E-state index contributed by atoms with van der Waals surface area (Å²) in [5.74, 6) is -0.702. The molecule has 0 N–H and O–H groups in total. The van der Waals surface area contributed by atoms with Crippen LogP contribution in [0.1, 0.15) is 26.0 Å². The molecule has 0 aliphatic rings. The number of rotatable bonds is 5. The first-order chi connectivity index (χ1) is 39.7. The molecule has 9 aromatic carbocycles. The normalized spacial score (nSPS) is 16.2. The Bertz CT molecular complexity index is 4770. The maximum absolute atomic E-state index is 10.2. The van der Waals surface area contributed by atoms with Crippen molar-refractivity contribution in [2.45, 2.75) is 0 Å². The summed E-state index contributed by atoms with van der Waals surface area (Å²) in [6.07, 6.45) is 0. The Morgan fingerprint density at radius 2 is 0.594 bits per heavy atom. The lowest BCUT2D eigenvalue weighted by Crippen LogP contribution is -2.12. The molecule has 5 heterocycles. The minimum atomic E-state index is -0.952. The molecule has 0 aliphatic heterocycles. The quantitative estimate of drug-likeness (QED) is 0.173. The van der Waals surface area contributed by atoms with Crippen LogP contribution in [0.2, 0.25) is 0 Å². The number of hydrogen-bond acceptors (Lipinski definition) is 3. The molecule has 0 bridgehead atoms. The van der Waals surface area contributed by atoms with E-state index < -0.39 is 181 Å². The van der Waals surface area contributed by atoms with Gasteiger partial charge in [0.2, 0.25) is 11.9 Å². The largest absolute Gasteiger partial charge is 0.308 e. The smallest absolute Gasteiger partial charge is 0.240 e. The molecule has 298 valence electrons. The van der Waals surface area contributed by atoms with Gasteiger partial charge in [-0.3, -0.25) is 9.13 Å². The fraction of sp³-hybridized carbons (Fsp3) is 0. The van der Waals surface area contributed by atoms with Crippen LogP contribution in [0.3, 0.4) is 0 Å². The second-order valence-corrected chi connectivity index (χ2v) is 15.0. The predicted molar refractivity (Wildman–Crippen MR) is 263 cm³/mol. The van der Waals surface area contributed by atoms with E-state index in [-0.39, 0.29) is 11.9 Å². The van der Waals surface area contributed by atoms with Gasteiger partial charge in [-0.2, -0.15) is 15.0 Å². The fourth-order valence-electron chi connectivity index (χ4n) is 9.16. The Kier molecular flexibility index (Phi) is 4.44. The van der Waals surface area contributed by atoms with E-state index in [0.29, 0.717) is 22.1 Å². The number of para-hydroxylation sites is 8. The van der Waals surface area contributed by atoms with Gasteiger partial charge in [0.15, 0.2) is 5.82 Å². The van der Waals surface area contributed by atoms with Gasteiger partial charge in [-0.05, 0) is 60.5 Å². The van der Waals surface area contributed by atoms with Gasteiger partial charge in [0.25, 0.3) is 0 Å². The van der Waals surface area contributed by atoms with Crippen molar-refractivity contribution < 1.29 is 26.0 Å². The zero-order chi connectivity index (χ0) is 58.4. The number of aromatic nitrogens is 7. The van der Waals surface area contributed by atoms with E-state index in [4.69, 9.17) is 25.9 Å². The van der Waals surface area contributed by atoms with E-state index in [1.165, 1.54) is 0 Å². The Balaban J connectivity index is 1.31. The summed E-state index contributed by atoms with van der Waals surface area (Å²) in [7, 11) is 0. The molecule has 14 aromatic rings. The van der Waals surface area contributed by atoms with Crippen LogP contribution in [-0.4, -0.2) is 33.2 Å². The maximum atomic E-state index is 10.2. The SMILES string of the molecule is [2H]c1c([2H])c(-n2c3c([2H])c([2H])c([2H])c([2H])c3c3c([2H])c([2H])c([2H])c([2H])c32)c(-c2nc(-n3c4ccccc4c4ccccc43)nc(-n3c4ccccc4c4ccccc43)n2)c(-n2c3c([2H])c([2H])c([2H])c([2H])c3c3c([2H])c([2H])c([2H])c([2H])c32)c1[2H].